The summed E-state index contributed by atoms with van der Waals surface area (Å²) in [6.07, 6.45) is 2.16. The van der Waals surface area contributed by atoms with Crippen molar-refractivity contribution in [3.8, 4) is 11.5 Å². The summed E-state index contributed by atoms with van der Waals surface area (Å²) in [6.45, 7) is 3.97. The Morgan fingerprint density at radius 1 is 1.12 bits per heavy atom. The Morgan fingerprint density at radius 2 is 1.91 bits per heavy atom. The van der Waals surface area contributed by atoms with Gasteiger partial charge in [0.25, 0.3) is 5.91 Å². The largest absolute Gasteiger partial charge is 0.493 e. The van der Waals surface area contributed by atoms with E-state index in [0.717, 1.165) is 5.56 Å². The number of carbonyl (C=O) groups is 2. The van der Waals surface area contributed by atoms with Crippen molar-refractivity contribution in [3.63, 3.8) is 0 Å². The number of hydrazine groups is 1. The molecule has 2 N–H and O–H groups in total. The number of nitrogens with zero attached hydrogens (tertiary/aromatic N) is 3. The molecular weight excluding hydrogens is 410 g/mol. The number of hydrogen-bond acceptors (Lipinski definition) is 7. The number of benzene rings is 2. The summed E-state index contributed by atoms with van der Waals surface area (Å²) in [5.41, 5.74) is 7.44. The molecule has 2 heterocycles. The third kappa shape index (κ3) is 4.24. The van der Waals surface area contributed by atoms with Gasteiger partial charge in [-0.3, -0.25) is 14.6 Å². The van der Waals surface area contributed by atoms with Crippen molar-refractivity contribution < 1.29 is 19.1 Å². The molecule has 2 atom stereocenters. The van der Waals surface area contributed by atoms with Crippen LogP contribution in [0, 0.1) is 13.8 Å². The van der Waals surface area contributed by atoms with Crippen molar-refractivity contribution in [2.24, 2.45) is 5.10 Å². The van der Waals surface area contributed by atoms with E-state index in [-0.39, 0.29) is 24.4 Å². The van der Waals surface area contributed by atoms with Gasteiger partial charge >= 0.3 is 0 Å². The number of carbonyl (C=O) groups excluding carboxylic acids is 2. The van der Waals surface area contributed by atoms with Crippen molar-refractivity contribution in [2.45, 2.75) is 32.4 Å². The van der Waals surface area contributed by atoms with Crippen LogP contribution >= 0.6 is 0 Å². The van der Waals surface area contributed by atoms with Gasteiger partial charge in [0.05, 0.1) is 20.3 Å². The lowest BCUT2D eigenvalue weighted by molar-refractivity contribution is -0.139. The zero-order valence-electron chi connectivity index (χ0n) is 18.6. The molecule has 0 aliphatic carbocycles. The minimum atomic E-state index is -0.409. The third-order valence-corrected chi connectivity index (χ3v) is 5.85. The first-order chi connectivity index (χ1) is 15.4. The summed E-state index contributed by atoms with van der Waals surface area (Å²) >= 11 is 0. The molecule has 2 aliphatic rings. The Kier molecular flexibility index (Phi) is 6.00. The predicted octanol–water partition coefficient (Wildman–Crippen LogP) is 2.36. The second kappa shape index (κ2) is 8.88. The molecule has 0 radical (unpaired) electrons. The second-order valence-electron chi connectivity index (χ2n) is 7.93. The minimum absolute atomic E-state index is 0.00948. The van der Waals surface area contributed by atoms with Crippen LogP contribution in [-0.4, -0.2) is 55.0 Å². The van der Waals surface area contributed by atoms with E-state index in [1.165, 1.54) is 23.2 Å². The Bertz CT molecular complexity index is 1070. The molecule has 2 aliphatic heterocycles. The van der Waals surface area contributed by atoms with Crippen molar-refractivity contribution in [1.29, 1.82) is 0 Å². The number of hydrazone groups is 1. The first kappa shape index (κ1) is 21.6. The van der Waals surface area contributed by atoms with Gasteiger partial charge in [-0.2, -0.15) is 5.10 Å². The molecule has 0 bridgehead atoms. The summed E-state index contributed by atoms with van der Waals surface area (Å²) in [4.78, 5) is 25.5. The smallest absolute Gasteiger partial charge is 0.267 e. The van der Waals surface area contributed by atoms with Crippen molar-refractivity contribution in [1.82, 2.24) is 15.4 Å². The number of ether oxygens (including phenoxy) is 2. The molecule has 2 aromatic rings. The van der Waals surface area contributed by atoms with Crippen LogP contribution in [0.4, 0.5) is 5.69 Å². The standard InChI is InChI=1S/C23H27N5O4/c1-14-5-6-16(9-15(14)2)18-11-19-23(30)27(24-13-28(19)26-18)12-22(29)25-17-7-8-20(31-3)21(10-17)32-4/h5-10,13,18-19,26H,11-12H2,1-4H3,(H,25,29). The second-order valence-corrected chi connectivity index (χ2v) is 7.93. The third-order valence-electron chi connectivity index (χ3n) is 5.85. The molecular formula is C23H27N5O4. The predicted molar refractivity (Wildman–Crippen MR) is 120 cm³/mol. The molecule has 2 amide bonds. The molecule has 168 valence electrons. The van der Waals surface area contributed by atoms with Crippen LogP contribution in [0.15, 0.2) is 41.5 Å². The van der Waals surface area contributed by atoms with E-state index in [0.29, 0.717) is 23.6 Å². The van der Waals surface area contributed by atoms with Gasteiger partial charge in [0.2, 0.25) is 5.91 Å². The van der Waals surface area contributed by atoms with Crippen LogP contribution in [-0.2, 0) is 9.59 Å². The first-order valence-electron chi connectivity index (χ1n) is 10.4. The number of anilines is 1. The average Bonchev–Trinajstić information content (AvgIpc) is 3.22. The minimum Gasteiger partial charge on any atom is -0.493 e. The van der Waals surface area contributed by atoms with Gasteiger partial charge in [-0.1, -0.05) is 18.2 Å². The molecule has 32 heavy (non-hydrogen) atoms. The molecule has 9 heteroatoms. The quantitative estimate of drug-likeness (QED) is 0.721. The normalized spacial score (nSPS) is 19.7. The van der Waals surface area contributed by atoms with Crippen molar-refractivity contribution >= 4 is 23.8 Å². The SMILES string of the molecule is COc1ccc(NC(=O)CN2N=CN3NC(c4ccc(C)c(C)c4)CC3C2=O)cc1OC. The highest BCUT2D eigenvalue weighted by molar-refractivity contribution is 5.96. The van der Waals surface area contributed by atoms with Crippen molar-refractivity contribution in [2.75, 3.05) is 26.1 Å². The topological polar surface area (TPSA) is 95.5 Å². The van der Waals surface area contributed by atoms with E-state index in [1.54, 1.807) is 36.7 Å². The van der Waals surface area contributed by atoms with Gasteiger partial charge in [-0.05, 0) is 49.1 Å². The Morgan fingerprint density at radius 3 is 2.62 bits per heavy atom. The molecule has 0 aromatic heterocycles. The fourth-order valence-corrected chi connectivity index (χ4v) is 3.90. The molecule has 2 unspecified atom stereocenters. The van der Waals surface area contributed by atoms with Crippen LogP contribution in [0.25, 0.3) is 0 Å². The number of nitrogens with one attached hydrogen (secondary N) is 2. The fraction of sp³-hybridized carbons (Fsp3) is 0.348. The number of aryl methyl sites for hydroxylation is 2. The Labute approximate surface area is 186 Å². The number of methoxy groups -OCH3 is 2. The number of rotatable bonds is 6. The molecule has 1 saturated heterocycles. The lowest BCUT2D eigenvalue weighted by atomic mass is 9.98. The monoisotopic (exact) mass is 437 g/mol. The lowest BCUT2D eigenvalue weighted by Gasteiger charge is -2.29. The van der Waals surface area contributed by atoms with Gasteiger partial charge in [0, 0.05) is 11.8 Å². The van der Waals surface area contributed by atoms with E-state index >= 15 is 0 Å². The lowest BCUT2D eigenvalue weighted by Crippen LogP contribution is -2.52. The van der Waals surface area contributed by atoms with Gasteiger partial charge in [0.15, 0.2) is 11.5 Å². The first-order valence-corrected chi connectivity index (χ1v) is 10.4. The van der Waals surface area contributed by atoms with Gasteiger partial charge < -0.3 is 14.8 Å². The zero-order chi connectivity index (χ0) is 22.8. The highest BCUT2D eigenvalue weighted by Gasteiger charge is 2.41. The number of hydrogen-bond donors (Lipinski definition) is 2. The summed E-state index contributed by atoms with van der Waals surface area (Å²) in [5.74, 6) is 0.498. The average molecular weight is 438 g/mol. The summed E-state index contributed by atoms with van der Waals surface area (Å²) in [7, 11) is 3.07. The van der Waals surface area contributed by atoms with Gasteiger partial charge in [-0.15, -0.1) is 0 Å². The van der Waals surface area contributed by atoms with E-state index in [4.69, 9.17) is 9.47 Å². The maximum Gasteiger partial charge on any atom is 0.267 e. The van der Waals surface area contributed by atoms with Crippen LogP contribution in [0.3, 0.4) is 0 Å². The summed E-state index contributed by atoms with van der Waals surface area (Å²) in [6, 6.07) is 11.0. The Balaban J connectivity index is 1.39. The Hall–Kier alpha value is -3.59. The van der Waals surface area contributed by atoms with E-state index < -0.39 is 6.04 Å². The highest BCUT2D eigenvalue weighted by Crippen LogP contribution is 2.31. The van der Waals surface area contributed by atoms with Crippen LogP contribution in [0.5, 0.6) is 11.5 Å². The summed E-state index contributed by atoms with van der Waals surface area (Å²) in [5, 5.41) is 9.88. The molecule has 9 nitrogen and oxygen atoms in total. The van der Waals surface area contributed by atoms with E-state index in [2.05, 4.69) is 47.9 Å². The van der Waals surface area contributed by atoms with Crippen LogP contribution < -0.4 is 20.2 Å². The van der Waals surface area contributed by atoms with Crippen LogP contribution in [0.2, 0.25) is 0 Å². The maximum absolute atomic E-state index is 13.0. The van der Waals surface area contributed by atoms with Gasteiger partial charge in [0.1, 0.15) is 18.9 Å². The van der Waals surface area contributed by atoms with Crippen molar-refractivity contribution in [3.05, 3.63) is 53.1 Å². The summed E-state index contributed by atoms with van der Waals surface area (Å²) < 4.78 is 10.5. The fourth-order valence-electron chi connectivity index (χ4n) is 3.90. The number of fused-ring (bicyclic) bond motifs is 1. The molecule has 4 rings (SSSR count). The van der Waals surface area contributed by atoms with E-state index in [1.807, 2.05) is 0 Å². The van der Waals surface area contributed by atoms with Gasteiger partial charge in [-0.25, -0.2) is 10.4 Å². The van der Waals surface area contributed by atoms with Crippen LogP contribution in [0.1, 0.15) is 29.2 Å². The zero-order valence-corrected chi connectivity index (χ0v) is 18.6. The van der Waals surface area contributed by atoms with E-state index in [9.17, 15) is 9.59 Å². The molecule has 2 aromatic carbocycles. The highest BCUT2D eigenvalue weighted by atomic mass is 16.5. The maximum atomic E-state index is 13.0. The molecule has 0 saturated carbocycles. The number of amides is 2. The molecule has 1 fully saturated rings. The molecule has 0 spiro atoms.